The van der Waals surface area contributed by atoms with Gasteiger partial charge in [-0.15, -0.1) is 0 Å². The number of fused-ring (bicyclic) bond motifs is 3. The summed E-state index contributed by atoms with van der Waals surface area (Å²) < 4.78 is 23.5. The fraction of sp³-hybridized carbons (Fsp3) is 0.917. The number of Topliss-reactive ketones (excluding diaryl/α,β-unsaturated/α-hetero) is 1. The van der Waals surface area contributed by atoms with E-state index in [9.17, 15) is 13.2 Å². The standard InChI is InChI=1S/C12H21NO3S/c1-9(2)17(15,16)8-5-11-12(14)10-3-6-13(11)7-4-10/h9-11H,3-8H2,1-2H3. The van der Waals surface area contributed by atoms with Gasteiger partial charge in [-0.25, -0.2) is 8.42 Å². The van der Waals surface area contributed by atoms with Gasteiger partial charge in [0.2, 0.25) is 0 Å². The summed E-state index contributed by atoms with van der Waals surface area (Å²) in [6.45, 7) is 5.32. The van der Waals surface area contributed by atoms with Crippen LogP contribution < -0.4 is 0 Å². The van der Waals surface area contributed by atoms with Crippen molar-refractivity contribution in [1.82, 2.24) is 4.90 Å². The average molecular weight is 259 g/mol. The molecule has 2 bridgehead atoms. The van der Waals surface area contributed by atoms with Crippen molar-refractivity contribution in [2.45, 2.75) is 44.4 Å². The summed E-state index contributed by atoms with van der Waals surface area (Å²) in [4.78, 5) is 14.2. The third-order valence-corrected chi connectivity index (χ3v) is 6.34. The minimum atomic E-state index is -3.02. The van der Waals surface area contributed by atoms with Gasteiger partial charge < -0.3 is 0 Å². The molecule has 0 aliphatic carbocycles. The van der Waals surface area contributed by atoms with Crippen molar-refractivity contribution in [2.75, 3.05) is 18.8 Å². The van der Waals surface area contributed by atoms with E-state index in [0.29, 0.717) is 6.42 Å². The Bertz CT molecular complexity index is 394. The van der Waals surface area contributed by atoms with Gasteiger partial charge >= 0.3 is 0 Å². The largest absolute Gasteiger partial charge is 0.298 e. The van der Waals surface area contributed by atoms with E-state index in [4.69, 9.17) is 0 Å². The number of nitrogens with zero attached hydrogens (tertiary/aromatic N) is 1. The third kappa shape index (κ3) is 2.55. The Balaban J connectivity index is 1.98. The van der Waals surface area contributed by atoms with Crippen LogP contribution in [-0.4, -0.2) is 49.2 Å². The topological polar surface area (TPSA) is 54.5 Å². The van der Waals surface area contributed by atoms with Crippen LogP contribution in [-0.2, 0) is 14.6 Å². The lowest BCUT2D eigenvalue weighted by molar-refractivity contribution is -0.136. The number of rotatable bonds is 4. The quantitative estimate of drug-likeness (QED) is 0.751. The Hall–Kier alpha value is -0.420. The molecule has 0 radical (unpaired) electrons. The van der Waals surface area contributed by atoms with Crippen molar-refractivity contribution in [2.24, 2.45) is 5.92 Å². The van der Waals surface area contributed by atoms with Crippen molar-refractivity contribution < 1.29 is 13.2 Å². The Morgan fingerprint density at radius 2 is 1.88 bits per heavy atom. The molecule has 3 rings (SSSR count). The molecule has 0 amide bonds. The minimum Gasteiger partial charge on any atom is -0.298 e. The highest BCUT2D eigenvalue weighted by atomic mass is 32.2. The molecule has 1 unspecified atom stereocenters. The van der Waals surface area contributed by atoms with E-state index in [2.05, 4.69) is 4.90 Å². The van der Waals surface area contributed by atoms with E-state index in [1.807, 2.05) is 0 Å². The molecule has 0 saturated carbocycles. The average Bonchev–Trinajstić information content (AvgIpc) is 2.29. The number of piperidine rings is 3. The monoisotopic (exact) mass is 259 g/mol. The Morgan fingerprint density at radius 3 is 2.35 bits per heavy atom. The first-order chi connectivity index (χ1) is 7.92. The van der Waals surface area contributed by atoms with Crippen LogP contribution in [0.5, 0.6) is 0 Å². The second-order valence-corrected chi connectivity index (χ2v) is 8.11. The third-order valence-electron chi connectivity index (χ3n) is 4.10. The number of sulfone groups is 1. The molecule has 0 N–H and O–H groups in total. The number of carbonyl (C=O) groups is 1. The molecule has 0 aromatic heterocycles. The molecule has 0 aromatic rings. The fourth-order valence-corrected chi connectivity index (χ4v) is 3.81. The molecule has 3 aliphatic heterocycles. The molecule has 3 saturated heterocycles. The van der Waals surface area contributed by atoms with Crippen molar-refractivity contribution in [3.8, 4) is 0 Å². The zero-order chi connectivity index (χ0) is 12.6. The lowest BCUT2D eigenvalue weighted by atomic mass is 9.81. The first-order valence-electron chi connectivity index (χ1n) is 6.41. The van der Waals surface area contributed by atoms with E-state index in [1.165, 1.54) is 0 Å². The predicted molar refractivity (Wildman–Crippen MR) is 66.6 cm³/mol. The van der Waals surface area contributed by atoms with Crippen LogP contribution >= 0.6 is 0 Å². The molecule has 98 valence electrons. The van der Waals surface area contributed by atoms with Crippen LogP contribution in [0.3, 0.4) is 0 Å². The second-order valence-electron chi connectivity index (χ2n) is 5.43. The molecule has 3 heterocycles. The van der Waals surface area contributed by atoms with E-state index >= 15 is 0 Å². The molecule has 1 atom stereocenters. The van der Waals surface area contributed by atoms with Gasteiger partial charge in [0, 0.05) is 5.92 Å². The lowest BCUT2D eigenvalue weighted by Gasteiger charge is -2.44. The lowest BCUT2D eigenvalue weighted by Crippen LogP contribution is -2.55. The predicted octanol–water partition coefficient (Wildman–Crippen LogP) is 0.863. The summed E-state index contributed by atoms with van der Waals surface area (Å²) in [5.74, 6) is 0.623. The number of ketones is 1. The summed E-state index contributed by atoms with van der Waals surface area (Å²) in [7, 11) is -3.02. The van der Waals surface area contributed by atoms with E-state index in [1.54, 1.807) is 13.8 Å². The van der Waals surface area contributed by atoms with Gasteiger partial charge in [0.15, 0.2) is 15.6 Å². The second kappa shape index (κ2) is 4.69. The zero-order valence-electron chi connectivity index (χ0n) is 10.6. The van der Waals surface area contributed by atoms with Gasteiger partial charge in [0.1, 0.15) is 0 Å². The molecule has 0 aromatic carbocycles. The Kier molecular flexibility index (Phi) is 3.59. The summed E-state index contributed by atoms with van der Waals surface area (Å²) in [6, 6.07) is -0.129. The van der Waals surface area contributed by atoms with E-state index < -0.39 is 9.84 Å². The molecule has 4 nitrogen and oxygen atoms in total. The van der Waals surface area contributed by atoms with Crippen LogP contribution in [0.15, 0.2) is 0 Å². The van der Waals surface area contributed by atoms with Crippen molar-refractivity contribution in [3.05, 3.63) is 0 Å². The Labute approximate surface area is 103 Å². The summed E-state index contributed by atoms with van der Waals surface area (Å²) in [5, 5.41) is -0.339. The molecule has 5 heteroatoms. The summed E-state index contributed by atoms with van der Waals surface area (Å²) >= 11 is 0. The number of carbonyl (C=O) groups excluding carboxylic acids is 1. The maximum Gasteiger partial charge on any atom is 0.153 e. The molecule has 3 fully saturated rings. The van der Waals surface area contributed by atoms with Crippen LogP contribution in [0.25, 0.3) is 0 Å². The van der Waals surface area contributed by atoms with Gasteiger partial charge in [-0.3, -0.25) is 9.69 Å². The van der Waals surface area contributed by atoms with Gasteiger partial charge in [0.05, 0.1) is 17.0 Å². The highest BCUT2D eigenvalue weighted by Gasteiger charge is 2.41. The van der Waals surface area contributed by atoms with Crippen LogP contribution in [0.1, 0.15) is 33.1 Å². The minimum absolute atomic E-state index is 0.129. The normalized spacial score (nSPS) is 33.4. The Morgan fingerprint density at radius 1 is 1.29 bits per heavy atom. The molecule has 17 heavy (non-hydrogen) atoms. The summed E-state index contributed by atoms with van der Waals surface area (Å²) in [5.41, 5.74) is 0. The molecule has 0 spiro atoms. The fourth-order valence-electron chi connectivity index (χ4n) is 2.78. The van der Waals surface area contributed by atoms with E-state index in [0.717, 1.165) is 25.9 Å². The van der Waals surface area contributed by atoms with Crippen LogP contribution in [0.4, 0.5) is 0 Å². The zero-order valence-corrected chi connectivity index (χ0v) is 11.4. The van der Waals surface area contributed by atoms with Crippen LogP contribution in [0.2, 0.25) is 0 Å². The first-order valence-corrected chi connectivity index (χ1v) is 8.12. The first kappa shape index (κ1) is 13.0. The van der Waals surface area contributed by atoms with Gasteiger partial charge in [-0.2, -0.15) is 0 Å². The smallest absolute Gasteiger partial charge is 0.153 e. The molecular weight excluding hydrogens is 238 g/mol. The summed E-state index contributed by atoms with van der Waals surface area (Å²) in [6.07, 6.45) is 2.41. The highest BCUT2D eigenvalue weighted by Crippen LogP contribution is 2.30. The van der Waals surface area contributed by atoms with Gasteiger partial charge in [0.25, 0.3) is 0 Å². The van der Waals surface area contributed by atoms with Crippen LogP contribution in [0, 0.1) is 5.92 Å². The van der Waals surface area contributed by atoms with Crippen molar-refractivity contribution in [3.63, 3.8) is 0 Å². The highest BCUT2D eigenvalue weighted by molar-refractivity contribution is 7.91. The van der Waals surface area contributed by atoms with E-state index in [-0.39, 0.29) is 28.7 Å². The maximum absolute atomic E-state index is 12.0. The molecule has 3 aliphatic rings. The number of hydrogen-bond donors (Lipinski definition) is 0. The van der Waals surface area contributed by atoms with Crippen molar-refractivity contribution in [1.29, 1.82) is 0 Å². The van der Waals surface area contributed by atoms with Gasteiger partial charge in [-0.05, 0) is 46.2 Å². The van der Waals surface area contributed by atoms with Gasteiger partial charge in [-0.1, -0.05) is 0 Å². The molecular formula is C12H21NO3S. The number of hydrogen-bond acceptors (Lipinski definition) is 4. The maximum atomic E-state index is 12.0. The SMILES string of the molecule is CC(C)S(=O)(=O)CCC1C(=O)C2CCN1CC2. The van der Waals surface area contributed by atoms with Crippen molar-refractivity contribution >= 4 is 15.6 Å².